The van der Waals surface area contributed by atoms with E-state index < -0.39 is 0 Å². The number of carbonyl (C=O) groups excluding carboxylic acids is 1. The summed E-state index contributed by atoms with van der Waals surface area (Å²) >= 11 is 0. The van der Waals surface area contributed by atoms with Crippen LogP contribution in [0.5, 0.6) is 11.5 Å². The van der Waals surface area contributed by atoms with Gasteiger partial charge in [0, 0.05) is 11.5 Å². The number of methoxy groups -OCH3 is 1. The first-order chi connectivity index (χ1) is 21.3. The van der Waals surface area contributed by atoms with Gasteiger partial charge in [0.2, 0.25) is 0 Å². The Morgan fingerprint density at radius 1 is 1.00 bits per heavy atom. The molecule has 1 aromatic carbocycles. The minimum Gasteiger partial charge on any atom is -0.504 e. The van der Waals surface area contributed by atoms with Crippen molar-refractivity contribution in [2.75, 3.05) is 7.11 Å². The minimum absolute atomic E-state index is 0.0843. The third kappa shape index (κ3) is 6.26. The summed E-state index contributed by atoms with van der Waals surface area (Å²) in [7, 11) is 1.52. The lowest BCUT2D eigenvalue weighted by Crippen LogP contribution is -2.57. The fourth-order valence-corrected chi connectivity index (χ4v) is 11.3. The van der Waals surface area contributed by atoms with Crippen LogP contribution >= 0.6 is 0 Å². The number of allylic oxidation sites excluding steroid dienone is 2. The molecule has 250 valence electrons. The molecule has 3 saturated carbocycles. The highest BCUT2D eigenvalue weighted by Gasteiger charge is 2.61. The number of hydrogen-bond donors (Lipinski definition) is 1. The molecule has 0 heterocycles. The molecule has 3 fully saturated rings. The van der Waals surface area contributed by atoms with Crippen molar-refractivity contribution in [2.45, 2.75) is 126 Å². The van der Waals surface area contributed by atoms with Gasteiger partial charge in [0.05, 0.1) is 7.11 Å². The average molecular weight is 619 g/mol. The molecule has 45 heavy (non-hydrogen) atoms. The number of fused-ring (bicyclic) bond motifs is 5. The number of benzene rings is 1. The topological polar surface area (TPSA) is 55.8 Å². The highest BCUT2D eigenvalue weighted by atomic mass is 16.5. The summed E-state index contributed by atoms with van der Waals surface area (Å²) in [4.78, 5) is 13.0. The predicted octanol–water partition coefficient (Wildman–Crippen LogP) is 10.6. The van der Waals surface area contributed by atoms with E-state index in [2.05, 4.69) is 61.5 Å². The fraction of sp³-hybridized carbons (Fsp3) is 0.732. The fourth-order valence-electron chi connectivity index (χ4n) is 11.3. The second kappa shape index (κ2) is 13.1. The van der Waals surface area contributed by atoms with Crippen LogP contribution < -0.4 is 4.74 Å². The van der Waals surface area contributed by atoms with Crippen molar-refractivity contribution in [1.82, 2.24) is 0 Å². The number of hydrogen-bond acceptors (Lipinski definition) is 4. The first kappa shape index (κ1) is 34.1. The smallest absolute Gasteiger partial charge is 0.331 e. The molecule has 4 nitrogen and oxygen atoms in total. The van der Waals surface area contributed by atoms with Crippen LogP contribution in [0.1, 0.15) is 125 Å². The third-order valence-corrected chi connectivity index (χ3v) is 14.1. The molecule has 0 saturated heterocycles. The van der Waals surface area contributed by atoms with E-state index in [4.69, 9.17) is 9.47 Å². The summed E-state index contributed by atoms with van der Waals surface area (Å²) < 4.78 is 11.4. The molecule has 0 radical (unpaired) electrons. The Labute approximate surface area is 274 Å². The number of aromatic hydroxyl groups is 1. The quantitative estimate of drug-likeness (QED) is 0.161. The Morgan fingerprint density at radius 3 is 2.40 bits per heavy atom. The molecule has 4 aliphatic rings. The zero-order valence-electron chi connectivity index (χ0n) is 29.8. The Bertz CT molecular complexity index is 1270. The number of phenolic OH excluding ortho intramolecular Hbond substituents is 1. The molecule has 5 rings (SSSR count). The molecule has 1 N–H and O–H groups in total. The maximum atomic E-state index is 13.0. The predicted molar refractivity (Wildman–Crippen MR) is 185 cm³/mol. The second-order valence-electron chi connectivity index (χ2n) is 16.8. The first-order valence-electron chi connectivity index (χ1n) is 18.2. The van der Waals surface area contributed by atoms with Gasteiger partial charge in [0.15, 0.2) is 11.5 Å². The van der Waals surface area contributed by atoms with E-state index in [-0.39, 0.29) is 28.7 Å². The Balaban J connectivity index is 1.27. The van der Waals surface area contributed by atoms with Gasteiger partial charge in [-0.2, -0.15) is 0 Å². The standard InChI is InChI=1S/C41H62O4/c1-10-29(26(2)3)14-11-27(4)31-16-17-32-30-15-19-36-39(5,6)37(22-24-41(36,8)33(30)21-23-40(31,32)7)45-38(43)20-13-28-12-18-34(42)35(25-28)44-9/h12-13,15,18,20,25-27,29,31-33,36-37,42H,10-11,14,16-17,19,21-24H2,1-9H3/b20-13+/t27-,29-,31-,32+,33+,36?,37?,40-,41-/m1/s1. The van der Waals surface area contributed by atoms with Crippen LogP contribution in [0.25, 0.3) is 6.08 Å². The number of esters is 1. The van der Waals surface area contributed by atoms with Crippen LogP contribution in [0.4, 0.5) is 0 Å². The number of ether oxygens (including phenoxy) is 2. The average Bonchev–Trinajstić information content (AvgIpc) is 3.35. The van der Waals surface area contributed by atoms with Crippen LogP contribution in [0, 0.1) is 57.7 Å². The van der Waals surface area contributed by atoms with Crippen molar-refractivity contribution in [2.24, 2.45) is 57.7 Å². The summed E-state index contributed by atoms with van der Waals surface area (Å²) in [6.45, 7) is 19.7. The van der Waals surface area contributed by atoms with Crippen LogP contribution in [0.15, 0.2) is 35.9 Å². The van der Waals surface area contributed by atoms with Crippen molar-refractivity contribution in [3.05, 3.63) is 41.5 Å². The normalized spacial score (nSPS) is 35.2. The molecule has 0 amide bonds. The minimum atomic E-state index is -0.297. The summed E-state index contributed by atoms with van der Waals surface area (Å²) in [5.41, 5.74) is 3.20. The van der Waals surface area contributed by atoms with Gasteiger partial charge in [0.25, 0.3) is 0 Å². The van der Waals surface area contributed by atoms with E-state index in [1.54, 1.807) is 24.3 Å². The molecule has 0 aliphatic heterocycles. The van der Waals surface area contributed by atoms with E-state index in [0.29, 0.717) is 23.0 Å². The molecule has 0 aromatic heterocycles. The maximum absolute atomic E-state index is 13.0. The van der Waals surface area contributed by atoms with Crippen molar-refractivity contribution in [3.63, 3.8) is 0 Å². The lowest BCUT2D eigenvalue weighted by Gasteiger charge is -2.62. The second-order valence-corrected chi connectivity index (χ2v) is 16.8. The van der Waals surface area contributed by atoms with Gasteiger partial charge in [-0.3, -0.25) is 0 Å². The molecule has 0 spiro atoms. The SMILES string of the molecule is CC[C@H](CC[C@@H](C)[C@H]1CC[C@H]2C3=CCC4C(C)(C)C(OC(=O)/C=C/c5ccc(O)c(OC)c5)CC[C@]4(C)[C@H]3CC[C@]12C)C(C)C. The van der Waals surface area contributed by atoms with Crippen LogP contribution in [-0.2, 0) is 9.53 Å². The van der Waals surface area contributed by atoms with Crippen LogP contribution in [-0.4, -0.2) is 24.3 Å². The largest absolute Gasteiger partial charge is 0.504 e. The van der Waals surface area contributed by atoms with Gasteiger partial charge in [-0.25, -0.2) is 4.79 Å². The molecular formula is C41H62O4. The Morgan fingerprint density at radius 2 is 1.71 bits per heavy atom. The van der Waals surface area contributed by atoms with E-state index >= 15 is 0 Å². The highest BCUT2D eigenvalue weighted by Crippen LogP contribution is 2.69. The van der Waals surface area contributed by atoms with Gasteiger partial charge in [-0.1, -0.05) is 85.9 Å². The summed E-state index contributed by atoms with van der Waals surface area (Å²) in [6.07, 6.45) is 18.5. The molecular weight excluding hydrogens is 556 g/mol. The number of carbonyl (C=O) groups is 1. The van der Waals surface area contributed by atoms with Crippen molar-refractivity contribution < 1.29 is 19.4 Å². The Hall–Kier alpha value is -2.23. The van der Waals surface area contributed by atoms with Crippen molar-refractivity contribution in [1.29, 1.82) is 0 Å². The highest BCUT2D eigenvalue weighted by molar-refractivity contribution is 5.87. The molecule has 1 aromatic rings. The van der Waals surface area contributed by atoms with Crippen LogP contribution in [0.2, 0.25) is 0 Å². The summed E-state index contributed by atoms with van der Waals surface area (Å²) in [6, 6.07) is 5.06. The summed E-state index contributed by atoms with van der Waals surface area (Å²) in [5.74, 6) is 5.40. The zero-order valence-corrected chi connectivity index (χ0v) is 29.8. The lowest BCUT2D eigenvalue weighted by atomic mass is 9.43. The molecule has 0 bridgehead atoms. The maximum Gasteiger partial charge on any atom is 0.331 e. The van der Waals surface area contributed by atoms with Gasteiger partial charge in [0.1, 0.15) is 6.10 Å². The molecule has 4 aliphatic carbocycles. The monoisotopic (exact) mass is 618 g/mol. The summed E-state index contributed by atoms with van der Waals surface area (Å²) in [5, 5.41) is 9.88. The third-order valence-electron chi connectivity index (χ3n) is 14.1. The van der Waals surface area contributed by atoms with E-state index in [1.165, 1.54) is 58.1 Å². The molecule has 2 unspecified atom stereocenters. The van der Waals surface area contributed by atoms with E-state index in [1.807, 2.05) is 5.57 Å². The van der Waals surface area contributed by atoms with Gasteiger partial charge >= 0.3 is 5.97 Å². The number of phenols is 1. The van der Waals surface area contributed by atoms with Crippen LogP contribution in [0.3, 0.4) is 0 Å². The van der Waals surface area contributed by atoms with Crippen molar-refractivity contribution in [3.8, 4) is 11.5 Å². The number of rotatable bonds is 10. The van der Waals surface area contributed by atoms with E-state index in [0.717, 1.165) is 54.4 Å². The van der Waals surface area contributed by atoms with E-state index in [9.17, 15) is 9.90 Å². The molecule has 4 heteroatoms. The van der Waals surface area contributed by atoms with Gasteiger partial charge < -0.3 is 14.6 Å². The molecule has 9 atom stereocenters. The van der Waals surface area contributed by atoms with Gasteiger partial charge in [-0.05, 0) is 127 Å². The van der Waals surface area contributed by atoms with Gasteiger partial charge in [-0.15, -0.1) is 0 Å². The zero-order chi connectivity index (χ0) is 32.7. The Kier molecular flexibility index (Phi) is 9.94. The first-order valence-corrected chi connectivity index (χ1v) is 18.2. The lowest BCUT2D eigenvalue weighted by molar-refractivity contribution is -0.170. The van der Waals surface area contributed by atoms with Crippen molar-refractivity contribution >= 4 is 12.0 Å².